The third kappa shape index (κ3) is 4.09. The van der Waals surface area contributed by atoms with Crippen LogP contribution in [0.4, 0.5) is 0 Å². The summed E-state index contributed by atoms with van der Waals surface area (Å²) in [5, 5.41) is 24.6. The van der Waals surface area contributed by atoms with Crippen molar-refractivity contribution in [3.8, 4) is 17.0 Å². The average molecular weight is 530 g/mol. The van der Waals surface area contributed by atoms with Crippen LogP contribution in [0.1, 0.15) is 49.7 Å². The van der Waals surface area contributed by atoms with E-state index < -0.39 is 5.60 Å². The molecule has 39 heavy (non-hydrogen) atoms. The molecule has 4 aromatic heterocycles. The van der Waals surface area contributed by atoms with Gasteiger partial charge in [-0.15, -0.1) is 5.10 Å². The summed E-state index contributed by atoms with van der Waals surface area (Å²) in [5.41, 5.74) is 6.78. The summed E-state index contributed by atoms with van der Waals surface area (Å²) in [5.74, 6) is 1.10. The number of nitrogens with zero attached hydrogens (tertiary/aromatic N) is 7. The van der Waals surface area contributed by atoms with Crippen molar-refractivity contribution < 1.29 is 14.6 Å². The van der Waals surface area contributed by atoms with E-state index in [0.717, 1.165) is 63.2 Å². The van der Waals surface area contributed by atoms with Gasteiger partial charge in [0.15, 0.2) is 0 Å². The number of rotatable bonds is 6. The first kappa shape index (κ1) is 25.5. The molecular weight excluding hydrogens is 494 g/mol. The fourth-order valence-corrected chi connectivity index (χ4v) is 6.18. The summed E-state index contributed by atoms with van der Waals surface area (Å²) in [6.07, 6.45) is 3.68. The third-order valence-corrected chi connectivity index (χ3v) is 7.91. The van der Waals surface area contributed by atoms with E-state index in [1.54, 1.807) is 25.6 Å². The summed E-state index contributed by atoms with van der Waals surface area (Å²) in [7, 11) is 5.52. The molecule has 1 unspecified atom stereocenters. The summed E-state index contributed by atoms with van der Waals surface area (Å²) in [6, 6.07) is 10.3. The standard InChI is InChI=1S/C29H35N7O3/c1-17-24(35(5)33-31-17)19-15-21-23(30-16-19)26-27(28(29(2,3)37)32-34(26)4)36(21)25(18-11-13-39-14-12-18)20-9-7-8-10-22(20)38-6/h7-10,15-16,18,25,37H,11-14H2,1-6H3. The van der Waals surface area contributed by atoms with Gasteiger partial charge in [-0.25, -0.2) is 4.68 Å². The largest absolute Gasteiger partial charge is 0.496 e. The topological polar surface area (TPSA) is 105 Å². The Morgan fingerprint density at radius 1 is 1.10 bits per heavy atom. The molecule has 10 heteroatoms. The molecule has 1 atom stereocenters. The monoisotopic (exact) mass is 529 g/mol. The van der Waals surface area contributed by atoms with E-state index in [2.05, 4.69) is 33.1 Å². The molecule has 5 heterocycles. The number of pyridine rings is 1. The van der Waals surface area contributed by atoms with E-state index >= 15 is 0 Å². The van der Waals surface area contributed by atoms with Gasteiger partial charge in [-0.05, 0) is 51.7 Å². The number of aliphatic hydroxyl groups is 1. The molecule has 0 saturated carbocycles. The molecule has 6 rings (SSSR count). The molecule has 0 aliphatic carbocycles. The third-order valence-electron chi connectivity index (χ3n) is 7.91. The number of aryl methyl sites for hydroxylation is 3. The molecule has 1 aromatic carbocycles. The Bertz CT molecular complexity index is 1650. The van der Waals surface area contributed by atoms with Gasteiger partial charge in [0.2, 0.25) is 0 Å². The van der Waals surface area contributed by atoms with Crippen LogP contribution in [0.2, 0.25) is 0 Å². The van der Waals surface area contributed by atoms with Gasteiger partial charge < -0.3 is 19.1 Å². The molecule has 1 aliphatic rings. The van der Waals surface area contributed by atoms with Crippen molar-refractivity contribution in [2.75, 3.05) is 20.3 Å². The molecule has 10 nitrogen and oxygen atoms in total. The van der Waals surface area contributed by atoms with Gasteiger partial charge in [-0.2, -0.15) is 5.10 Å². The number of para-hydroxylation sites is 1. The zero-order chi connectivity index (χ0) is 27.5. The zero-order valence-electron chi connectivity index (χ0n) is 23.3. The van der Waals surface area contributed by atoms with Gasteiger partial charge in [-0.1, -0.05) is 23.4 Å². The quantitative estimate of drug-likeness (QED) is 0.350. The van der Waals surface area contributed by atoms with Crippen molar-refractivity contribution in [3.05, 3.63) is 53.5 Å². The molecule has 1 N–H and O–H groups in total. The minimum atomic E-state index is -1.17. The van der Waals surface area contributed by atoms with Crippen LogP contribution in [0.25, 0.3) is 33.3 Å². The number of methoxy groups -OCH3 is 1. The van der Waals surface area contributed by atoms with Crippen LogP contribution in [0.5, 0.6) is 5.75 Å². The molecule has 0 bridgehead atoms. The lowest BCUT2D eigenvalue weighted by atomic mass is 9.86. The van der Waals surface area contributed by atoms with E-state index in [0.29, 0.717) is 18.9 Å². The smallest absolute Gasteiger partial charge is 0.124 e. The molecule has 0 radical (unpaired) electrons. The molecular formula is C29H35N7O3. The lowest BCUT2D eigenvalue weighted by Gasteiger charge is -2.34. The maximum absolute atomic E-state index is 11.3. The SMILES string of the molecule is COc1ccccc1C(C1CCOCC1)n1c2cc(-c3c(C)nnn3C)cnc2c2c1c(C(C)(C)O)nn2C. The first-order valence-electron chi connectivity index (χ1n) is 13.4. The van der Waals surface area contributed by atoms with Crippen molar-refractivity contribution >= 4 is 22.1 Å². The highest BCUT2D eigenvalue weighted by molar-refractivity contribution is 6.06. The van der Waals surface area contributed by atoms with E-state index in [9.17, 15) is 5.11 Å². The predicted molar refractivity (Wildman–Crippen MR) is 149 cm³/mol. The first-order valence-corrected chi connectivity index (χ1v) is 13.4. The van der Waals surface area contributed by atoms with Gasteiger partial charge in [0.05, 0.1) is 35.6 Å². The molecule has 0 amide bonds. The number of benzene rings is 1. The lowest BCUT2D eigenvalue weighted by Crippen LogP contribution is -2.28. The van der Waals surface area contributed by atoms with Crippen LogP contribution in [0, 0.1) is 12.8 Å². The van der Waals surface area contributed by atoms with Crippen molar-refractivity contribution in [1.29, 1.82) is 0 Å². The Morgan fingerprint density at radius 3 is 2.51 bits per heavy atom. The summed E-state index contributed by atoms with van der Waals surface area (Å²) in [4.78, 5) is 5.00. The Morgan fingerprint density at radius 2 is 1.85 bits per heavy atom. The highest BCUT2D eigenvalue weighted by Gasteiger charge is 2.36. The Hall–Kier alpha value is -3.76. The minimum absolute atomic E-state index is 0.0989. The summed E-state index contributed by atoms with van der Waals surface area (Å²) in [6.45, 7) is 6.93. The summed E-state index contributed by atoms with van der Waals surface area (Å²) >= 11 is 0. The predicted octanol–water partition coefficient (Wildman–Crippen LogP) is 4.28. The highest BCUT2D eigenvalue weighted by atomic mass is 16.5. The van der Waals surface area contributed by atoms with Gasteiger partial charge >= 0.3 is 0 Å². The molecule has 204 valence electrons. The fraction of sp³-hybridized carbons (Fsp3) is 0.448. The van der Waals surface area contributed by atoms with Crippen molar-refractivity contribution in [1.82, 2.24) is 34.3 Å². The number of ether oxygens (including phenoxy) is 2. The van der Waals surface area contributed by atoms with Gasteiger partial charge in [0, 0.05) is 44.6 Å². The maximum Gasteiger partial charge on any atom is 0.124 e. The van der Waals surface area contributed by atoms with Gasteiger partial charge in [0.25, 0.3) is 0 Å². The van der Waals surface area contributed by atoms with Crippen LogP contribution in [0.3, 0.4) is 0 Å². The fourth-order valence-electron chi connectivity index (χ4n) is 6.18. The van der Waals surface area contributed by atoms with Crippen molar-refractivity contribution in [2.45, 2.75) is 45.3 Å². The van der Waals surface area contributed by atoms with Gasteiger partial charge in [0.1, 0.15) is 28.1 Å². The van der Waals surface area contributed by atoms with Crippen molar-refractivity contribution in [3.63, 3.8) is 0 Å². The molecule has 5 aromatic rings. The Balaban J connectivity index is 1.75. The number of hydrogen-bond donors (Lipinski definition) is 1. The summed E-state index contributed by atoms with van der Waals surface area (Å²) < 4.78 is 17.7. The maximum atomic E-state index is 11.3. The number of hydrogen-bond acceptors (Lipinski definition) is 7. The lowest BCUT2D eigenvalue weighted by molar-refractivity contribution is 0.0544. The van der Waals surface area contributed by atoms with Crippen LogP contribution in [0.15, 0.2) is 36.5 Å². The minimum Gasteiger partial charge on any atom is -0.496 e. The second kappa shape index (κ2) is 9.46. The second-order valence-corrected chi connectivity index (χ2v) is 11.0. The number of fused-ring (bicyclic) bond motifs is 3. The molecule has 1 fully saturated rings. The average Bonchev–Trinajstić information content (AvgIpc) is 3.56. The van der Waals surface area contributed by atoms with Gasteiger partial charge in [-0.3, -0.25) is 9.67 Å². The highest BCUT2D eigenvalue weighted by Crippen LogP contribution is 2.45. The molecule has 0 spiro atoms. The molecule has 1 aliphatic heterocycles. The van der Waals surface area contributed by atoms with Crippen LogP contribution in [-0.4, -0.2) is 59.8 Å². The van der Waals surface area contributed by atoms with E-state index in [1.165, 1.54) is 0 Å². The second-order valence-electron chi connectivity index (χ2n) is 11.0. The van der Waals surface area contributed by atoms with E-state index in [1.807, 2.05) is 44.0 Å². The first-order chi connectivity index (χ1) is 18.7. The normalized spacial score (nSPS) is 15.9. The van der Waals surface area contributed by atoms with E-state index in [4.69, 9.17) is 19.6 Å². The molecule has 1 saturated heterocycles. The van der Waals surface area contributed by atoms with Crippen LogP contribution >= 0.6 is 0 Å². The van der Waals surface area contributed by atoms with Crippen molar-refractivity contribution in [2.24, 2.45) is 20.0 Å². The van der Waals surface area contributed by atoms with Crippen LogP contribution in [-0.2, 0) is 24.4 Å². The Kier molecular flexibility index (Phi) is 6.19. The number of aromatic nitrogens is 7. The van der Waals surface area contributed by atoms with Crippen LogP contribution < -0.4 is 4.74 Å². The van der Waals surface area contributed by atoms with E-state index in [-0.39, 0.29) is 12.0 Å². The Labute approximate surface area is 227 Å². The zero-order valence-corrected chi connectivity index (χ0v) is 23.3.